The van der Waals surface area contributed by atoms with E-state index in [1.807, 2.05) is 58.3 Å². The van der Waals surface area contributed by atoms with Crippen molar-refractivity contribution in [1.82, 2.24) is 4.90 Å². The van der Waals surface area contributed by atoms with Gasteiger partial charge in [-0.2, -0.15) is 13.2 Å². The highest BCUT2D eigenvalue weighted by Gasteiger charge is 2.32. The highest BCUT2D eigenvalue weighted by atomic mass is 32.2. The number of carbonyl (C=O) groups excluding carboxylic acids is 1. The van der Waals surface area contributed by atoms with Crippen LogP contribution in [0.2, 0.25) is 0 Å². The van der Waals surface area contributed by atoms with Crippen molar-refractivity contribution in [3.05, 3.63) is 78.4 Å². The fourth-order valence-corrected chi connectivity index (χ4v) is 6.44. The molecular weight excluding hydrogens is 524 g/mol. The molecule has 36 heavy (non-hydrogen) atoms. The average molecular weight is 546 g/mol. The summed E-state index contributed by atoms with van der Waals surface area (Å²) in [6.45, 7) is 2.28. The lowest BCUT2D eigenvalue weighted by Gasteiger charge is -2.37. The highest BCUT2D eigenvalue weighted by Crippen LogP contribution is 2.48. The number of carbonyl (C=O) groups is 1. The number of thiocarbonyl (C=S) groups is 1. The van der Waals surface area contributed by atoms with Crippen molar-refractivity contribution in [3.8, 4) is 0 Å². The van der Waals surface area contributed by atoms with Crippen molar-refractivity contribution in [2.24, 2.45) is 0 Å². The second-order valence-electron chi connectivity index (χ2n) is 8.34. The van der Waals surface area contributed by atoms with E-state index >= 15 is 0 Å². The summed E-state index contributed by atoms with van der Waals surface area (Å²) in [4.78, 5) is 21.2. The van der Waals surface area contributed by atoms with Crippen LogP contribution in [-0.2, 0) is 11.0 Å². The lowest BCUT2D eigenvalue weighted by molar-refractivity contribution is -0.137. The Kier molecular flexibility index (Phi) is 7.18. The maximum atomic E-state index is 13.4. The van der Waals surface area contributed by atoms with Crippen LogP contribution in [0.3, 0.4) is 0 Å². The van der Waals surface area contributed by atoms with Gasteiger partial charge in [0.2, 0.25) is 5.91 Å². The summed E-state index contributed by atoms with van der Waals surface area (Å²) in [5.41, 5.74) is 1.64. The predicted molar refractivity (Wildman–Crippen MR) is 144 cm³/mol. The number of thioether (sulfide) groups is 1. The fraction of sp³-hybridized carbons (Fsp3) is 0.231. The average Bonchev–Trinajstić information content (AvgIpc) is 2.90. The van der Waals surface area contributed by atoms with Crippen molar-refractivity contribution in [2.45, 2.75) is 16.0 Å². The van der Waals surface area contributed by atoms with E-state index in [1.165, 1.54) is 23.9 Å². The maximum absolute atomic E-state index is 13.4. The van der Waals surface area contributed by atoms with Gasteiger partial charge in [0.05, 0.1) is 22.7 Å². The van der Waals surface area contributed by atoms with Crippen LogP contribution >= 0.6 is 35.7 Å². The minimum atomic E-state index is -4.36. The molecule has 0 saturated carbocycles. The molecule has 0 bridgehead atoms. The molecule has 1 fully saturated rings. The van der Waals surface area contributed by atoms with E-state index in [1.54, 1.807) is 22.7 Å². The number of amides is 1. The third kappa shape index (κ3) is 5.21. The Balaban J connectivity index is 1.20. The highest BCUT2D eigenvalue weighted by molar-refractivity contribution is 8.23. The zero-order chi connectivity index (χ0) is 25.3. The largest absolute Gasteiger partial charge is 0.416 e. The number of alkyl halides is 3. The third-order valence-corrected chi connectivity index (χ3v) is 8.72. The number of hydrogen-bond donors (Lipinski definition) is 0. The number of para-hydroxylation sites is 2. The van der Waals surface area contributed by atoms with Gasteiger partial charge in [0.15, 0.2) is 0 Å². The lowest BCUT2D eigenvalue weighted by Crippen LogP contribution is -2.48. The third-order valence-electron chi connectivity index (χ3n) is 6.08. The standard InChI is InChI=1S/C26H22F3N3OS3/c27-26(28,29)18-6-5-7-19(16-18)30-12-14-31(15-13-30)25(34)35-17-24(33)32-20-8-1-3-10-22(20)36-23-11-4-2-9-21(23)32/h1-11,16H,12-15,17H2. The molecule has 5 rings (SSSR count). The van der Waals surface area contributed by atoms with E-state index in [0.29, 0.717) is 36.2 Å². The Morgan fingerprint density at radius 2 is 1.50 bits per heavy atom. The van der Waals surface area contributed by atoms with Gasteiger partial charge in [0, 0.05) is 41.7 Å². The van der Waals surface area contributed by atoms with Crippen LogP contribution in [0.15, 0.2) is 82.6 Å². The molecule has 2 aliphatic rings. The number of rotatable bonds is 3. The second-order valence-corrected chi connectivity index (χ2v) is 11.0. The Hall–Kier alpha value is -2.69. The van der Waals surface area contributed by atoms with Gasteiger partial charge in [-0.25, -0.2) is 0 Å². The van der Waals surface area contributed by atoms with Crippen LogP contribution in [0.1, 0.15) is 5.56 Å². The summed E-state index contributed by atoms with van der Waals surface area (Å²) in [7, 11) is 0. The molecule has 0 atom stereocenters. The number of benzene rings is 3. The molecule has 0 aromatic heterocycles. The van der Waals surface area contributed by atoms with E-state index in [4.69, 9.17) is 12.2 Å². The van der Waals surface area contributed by atoms with Gasteiger partial charge in [-0.05, 0) is 42.5 Å². The van der Waals surface area contributed by atoms with Crippen LogP contribution in [0, 0.1) is 0 Å². The molecule has 0 radical (unpaired) electrons. The van der Waals surface area contributed by atoms with Crippen LogP contribution < -0.4 is 9.80 Å². The number of hydrogen-bond acceptors (Lipinski definition) is 5. The predicted octanol–water partition coefficient (Wildman–Crippen LogP) is 6.68. The SMILES string of the molecule is O=C(CSC(=S)N1CCN(c2cccc(C(F)(F)F)c2)CC1)N1c2ccccc2Sc2ccccc21. The molecule has 186 valence electrons. The topological polar surface area (TPSA) is 26.8 Å². The van der Waals surface area contributed by atoms with Crippen LogP contribution in [-0.4, -0.2) is 47.1 Å². The first kappa shape index (κ1) is 25.0. The van der Waals surface area contributed by atoms with Crippen LogP contribution in [0.5, 0.6) is 0 Å². The quantitative estimate of drug-likeness (QED) is 0.341. The molecule has 1 saturated heterocycles. The zero-order valence-electron chi connectivity index (χ0n) is 19.1. The Bertz CT molecular complexity index is 1250. The van der Waals surface area contributed by atoms with Crippen molar-refractivity contribution in [1.29, 1.82) is 0 Å². The van der Waals surface area contributed by atoms with Gasteiger partial charge >= 0.3 is 6.18 Å². The normalized spacial score (nSPS) is 15.4. The summed E-state index contributed by atoms with van der Waals surface area (Å²) >= 11 is 8.60. The van der Waals surface area contributed by atoms with Crippen LogP contribution in [0.4, 0.5) is 30.2 Å². The van der Waals surface area contributed by atoms with Gasteiger partial charge in [-0.3, -0.25) is 9.69 Å². The van der Waals surface area contributed by atoms with E-state index in [9.17, 15) is 18.0 Å². The summed E-state index contributed by atoms with van der Waals surface area (Å²) in [6.07, 6.45) is -4.36. The van der Waals surface area contributed by atoms with Crippen molar-refractivity contribution in [2.75, 3.05) is 41.7 Å². The Morgan fingerprint density at radius 1 is 0.889 bits per heavy atom. The monoisotopic (exact) mass is 545 g/mol. The Labute approximate surface area is 221 Å². The van der Waals surface area contributed by atoms with Crippen molar-refractivity contribution < 1.29 is 18.0 Å². The van der Waals surface area contributed by atoms with Gasteiger partial charge in [0.25, 0.3) is 0 Å². The van der Waals surface area contributed by atoms with Crippen molar-refractivity contribution in [3.63, 3.8) is 0 Å². The van der Waals surface area contributed by atoms with Crippen LogP contribution in [0.25, 0.3) is 0 Å². The first-order valence-corrected chi connectivity index (χ1v) is 13.5. The zero-order valence-corrected chi connectivity index (χ0v) is 21.5. The molecule has 0 N–H and O–H groups in total. The van der Waals surface area contributed by atoms with Gasteiger partial charge < -0.3 is 9.80 Å². The number of halogens is 3. The molecule has 4 nitrogen and oxygen atoms in total. The minimum absolute atomic E-state index is 0.0508. The first-order valence-electron chi connectivity index (χ1n) is 11.3. The van der Waals surface area contributed by atoms with E-state index in [2.05, 4.69) is 0 Å². The number of fused-ring (bicyclic) bond motifs is 2. The van der Waals surface area contributed by atoms with Gasteiger partial charge in [-0.1, -0.05) is 66.1 Å². The number of nitrogens with zero attached hydrogens (tertiary/aromatic N) is 3. The molecule has 10 heteroatoms. The molecule has 3 aromatic carbocycles. The summed E-state index contributed by atoms with van der Waals surface area (Å²) in [6, 6.07) is 21.1. The van der Waals surface area contributed by atoms with E-state index < -0.39 is 11.7 Å². The minimum Gasteiger partial charge on any atom is -0.368 e. The molecule has 2 aliphatic heterocycles. The second kappa shape index (κ2) is 10.4. The molecule has 2 heterocycles. The smallest absolute Gasteiger partial charge is 0.368 e. The fourth-order valence-electron chi connectivity index (χ4n) is 4.28. The van der Waals surface area contributed by atoms with E-state index in [-0.39, 0.29) is 11.7 Å². The maximum Gasteiger partial charge on any atom is 0.416 e. The molecular formula is C26H22F3N3OS3. The molecule has 3 aromatic rings. The Morgan fingerprint density at radius 3 is 2.11 bits per heavy atom. The lowest BCUT2D eigenvalue weighted by atomic mass is 10.1. The molecule has 0 spiro atoms. The summed E-state index contributed by atoms with van der Waals surface area (Å²) in [5, 5.41) is 0. The summed E-state index contributed by atoms with van der Waals surface area (Å²) < 4.78 is 39.8. The van der Waals surface area contributed by atoms with Crippen molar-refractivity contribution >= 4 is 63.0 Å². The number of piperazine rings is 1. The molecule has 0 aliphatic carbocycles. The molecule has 1 amide bonds. The molecule has 0 unspecified atom stereocenters. The first-order chi connectivity index (χ1) is 17.3. The van der Waals surface area contributed by atoms with E-state index in [0.717, 1.165) is 27.2 Å². The summed E-state index contributed by atoms with van der Waals surface area (Å²) in [5.74, 6) is 0.144. The van der Waals surface area contributed by atoms with Gasteiger partial charge in [0.1, 0.15) is 4.32 Å². The number of anilines is 3. The van der Waals surface area contributed by atoms with Gasteiger partial charge in [-0.15, -0.1) is 0 Å².